The van der Waals surface area contributed by atoms with Gasteiger partial charge in [0.15, 0.2) is 0 Å². The number of benzene rings is 1. The van der Waals surface area contributed by atoms with Crippen LogP contribution in [0.2, 0.25) is 0 Å². The third kappa shape index (κ3) is 5.17. The second kappa shape index (κ2) is 4.97. The van der Waals surface area contributed by atoms with E-state index in [4.69, 9.17) is 4.74 Å². The van der Waals surface area contributed by atoms with Gasteiger partial charge in [0.25, 0.3) is 0 Å². The maximum Gasteiger partial charge on any atom is 0.128 e. The van der Waals surface area contributed by atoms with Crippen LogP contribution in [0.15, 0.2) is 22.7 Å². The Morgan fingerprint density at radius 2 is 1.93 bits per heavy atom. The van der Waals surface area contributed by atoms with E-state index in [0.29, 0.717) is 16.8 Å². The molecule has 3 heteroatoms. The monoisotopic (exact) mass is 274 g/mol. The molecule has 0 fully saturated rings. The van der Waals surface area contributed by atoms with Crippen LogP contribution in [0.4, 0.5) is 4.39 Å². The first-order valence-corrected chi connectivity index (χ1v) is 5.75. The minimum absolute atomic E-state index is 0.241. The molecule has 0 aliphatic rings. The molecular formula is C12H16BrFO. The molecule has 1 aromatic carbocycles. The van der Waals surface area contributed by atoms with Crippen molar-refractivity contribution in [2.24, 2.45) is 5.41 Å². The van der Waals surface area contributed by atoms with E-state index in [-0.39, 0.29) is 11.2 Å². The van der Waals surface area contributed by atoms with Gasteiger partial charge in [-0.1, -0.05) is 36.7 Å². The lowest BCUT2D eigenvalue weighted by molar-refractivity contribution is 0.242. The highest BCUT2D eigenvalue weighted by atomic mass is 79.9. The number of rotatable bonds is 3. The van der Waals surface area contributed by atoms with Gasteiger partial charge in [-0.3, -0.25) is 0 Å². The van der Waals surface area contributed by atoms with Crippen LogP contribution in [0.3, 0.4) is 0 Å². The lowest BCUT2D eigenvalue weighted by atomic mass is 9.93. The van der Waals surface area contributed by atoms with Crippen LogP contribution >= 0.6 is 15.9 Å². The molecule has 1 aromatic rings. The molecule has 0 amide bonds. The summed E-state index contributed by atoms with van der Waals surface area (Å²) in [6, 6.07) is 4.58. The van der Waals surface area contributed by atoms with Gasteiger partial charge in [0.05, 0.1) is 6.61 Å². The van der Waals surface area contributed by atoms with E-state index in [9.17, 15) is 4.39 Å². The summed E-state index contributed by atoms with van der Waals surface area (Å²) < 4.78 is 19.2. The molecule has 0 spiro atoms. The van der Waals surface area contributed by atoms with Gasteiger partial charge in [-0.05, 0) is 24.0 Å². The smallest absolute Gasteiger partial charge is 0.128 e. The van der Waals surface area contributed by atoms with E-state index in [0.717, 1.165) is 6.42 Å². The van der Waals surface area contributed by atoms with Gasteiger partial charge < -0.3 is 4.74 Å². The van der Waals surface area contributed by atoms with Crippen LogP contribution in [0.5, 0.6) is 5.75 Å². The first-order chi connectivity index (χ1) is 6.87. The van der Waals surface area contributed by atoms with Crippen LogP contribution in [-0.2, 0) is 0 Å². The van der Waals surface area contributed by atoms with Crippen LogP contribution < -0.4 is 4.74 Å². The van der Waals surface area contributed by atoms with Crippen molar-refractivity contribution < 1.29 is 9.13 Å². The molecule has 0 unspecified atom stereocenters. The van der Waals surface area contributed by atoms with Crippen molar-refractivity contribution >= 4 is 15.9 Å². The molecule has 1 rings (SSSR count). The zero-order chi connectivity index (χ0) is 11.5. The summed E-state index contributed by atoms with van der Waals surface area (Å²) in [4.78, 5) is 0. The van der Waals surface area contributed by atoms with Crippen molar-refractivity contribution in [1.29, 1.82) is 0 Å². The molecule has 0 radical (unpaired) electrons. The maximum atomic E-state index is 13.0. The van der Waals surface area contributed by atoms with Gasteiger partial charge in [-0.2, -0.15) is 0 Å². The standard InChI is InChI=1S/C12H16BrFO/c1-12(2,3)4-5-15-11-7-9(13)6-10(14)8-11/h6-8H,4-5H2,1-3H3. The third-order valence-electron chi connectivity index (χ3n) is 1.96. The molecule has 84 valence electrons. The number of halogens is 2. The summed E-state index contributed by atoms with van der Waals surface area (Å²) in [5.74, 6) is 0.293. The van der Waals surface area contributed by atoms with Gasteiger partial charge >= 0.3 is 0 Å². The topological polar surface area (TPSA) is 9.23 Å². The average Bonchev–Trinajstić information content (AvgIpc) is 1.99. The molecule has 0 saturated carbocycles. The summed E-state index contributed by atoms with van der Waals surface area (Å²) >= 11 is 3.22. The van der Waals surface area contributed by atoms with Crippen molar-refractivity contribution in [3.63, 3.8) is 0 Å². The van der Waals surface area contributed by atoms with Gasteiger partial charge in [-0.15, -0.1) is 0 Å². The molecule has 0 aromatic heterocycles. The van der Waals surface area contributed by atoms with Crippen molar-refractivity contribution in [3.05, 3.63) is 28.5 Å². The predicted octanol–water partition coefficient (Wildman–Crippen LogP) is 4.40. The van der Waals surface area contributed by atoms with Crippen LogP contribution in [0, 0.1) is 11.2 Å². The quantitative estimate of drug-likeness (QED) is 0.794. The molecule has 0 saturated heterocycles. The summed E-state index contributed by atoms with van der Waals surface area (Å²) in [5, 5.41) is 0. The van der Waals surface area contributed by atoms with Crippen molar-refractivity contribution in [2.75, 3.05) is 6.61 Å². The SMILES string of the molecule is CC(C)(C)CCOc1cc(F)cc(Br)c1. The molecule has 15 heavy (non-hydrogen) atoms. The first kappa shape index (κ1) is 12.5. The Bertz CT molecular complexity index is 311. The first-order valence-electron chi connectivity index (χ1n) is 4.96. The highest BCUT2D eigenvalue weighted by Gasteiger charge is 2.10. The Kier molecular flexibility index (Phi) is 4.14. The van der Waals surface area contributed by atoms with Crippen LogP contribution in [0.1, 0.15) is 27.2 Å². The van der Waals surface area contributed by atoms with Crippen LogP contribution in [0.25, 0.3) is 0 Å². The minimum atomic E-state index is -0.282. The number of hydrogen-bond donors (Lipinski definition) is 0. The molecule has 0 N–H and O–H groups in total. The van der Waals surface area contributed by atoms with E-state index in [1.807, 2.05) is 0 Å². The highest BCUT2D eigenvalue weighted by Crippen LogP contribution is 2.23. The average molecular weight is 275 g/mol. The lowest BCUT2D eigenvalue weighted by Crippen LogP contribution is -2.11. The second-order valence-corrected chi connectivity index (χ2v) is 5.68. The summed E-state index contributed by atoms with van der Waals surface area (Å²) in [6.45, 7) is 7.06. The largest absolute Gasteiger partial charge is 0.493 e. The fraction of sp³-hybridized carbons (Fsp3) is 0.500. The van der Waals surface area contributed by atoms with E-state index < -0.39 is 0 Å². The summed E-state index contributed by atoms with van der Waals surface area (Å²) in [7, 11) is 0. The zero-order valence-corrected chi connectivity index (χ0v) is 10.9. The van der Waals surface area contributed by atoms with E-state index in [2.05, 4.69) is 36.7 Å². The summed E-state index contributed by atoms with van der Waals surface area (Å²) in [6.07, 6.45) is 0.946. The third-order valence-corrected chi connectivity index (χ3v) is 2.41. The fourth-order valence-corrected chi connectivity index (χ4v) is 1.53. The fourth-order valence-electron chi connectivity index (χ4n) is 1.09. The lowest BCUT2D eigenvalue weighted by Gasteiger charge is -2.18. The van der Waals surface area contributed by atoms with Gasteiger partial charge in [-0.25, -0.2) is 4.39 Å². The molecule has 0 aliphatic carbocycles. The van der Waals surface area contributed by atoms with E-state index >= 15 is 0 Å². The Balaban J connectivity index is 2.51. The molecule has 0 heterocycles. The summed E-state index contributed by atoms with van der Waals surface area (Å²) in [5.41, 5.74) is 0.241. The van der Waals surface area contributed by atoms with Crippen LogP contribution in [-0.4, -0.2) is 6.61 Å². The number of hydrogen-bond acceptors (Lipinski definition) is 1. The number of ether oxygens (including phenoxy) is 1. The van der Waals surface area contributed by atoms with Gasteiger partial charge in [0.1, 0.15) is 11.6 Å². The molecule has 0 bridgehead atoms. The highest BCUT2D eigenvalue weighted by molar-refractivity contribution is 9.10. The van der Waals surface area contributed by atoms with Gasteiger partial charge in [0.2, 0.25) is 0 Å². The Labute approximate surface area is 98.8 Å². The molecule has 0 aliphatic heterocycles. The van der Waals surface area contributed by atoms with E-state index in [1.54, 1.807) is 6.07 Å². The molecule has 0 atom stereocenters. The normalized spacial score (nSPS) is 11.5. The maximum absolute atomic E-state index is 13.0. The van der Waals surface area contributed by atoms with Crippen molar-refractivity contribution in [1.82, 2.24) is 0 Å². The zero-order valence-electron chi connectivity index (χ0n) is 9.31. The second-order valence-electron chi connectivity index (χ2n) is 4.76. The Morgan fingerprint density at radius 3 is 2.47 bits per heavy atom. The predicted molar refractivity (Wildman–Crippen MR) is 63.7 cm³/mol. The Morgan fingerprint density at radius 1 is 1.27 bits per heavy atom. The van der Waals surface area contributed by atoms with Crippen molar-refractivity contribution in [2.45, 2.75) is 27.2 Å². The van der Waals surface area contributed by atoms with Crippen molar-refractivity contribution in [3.8, 4) is 5.75 Å². The molecular weight excluding hydrogens is 259 g/mol. The van der Waals surface area contributed by atoms with Gasteiger partial charge in [0, 0.05) is 10.5 Å². The van der Waals surface area contributed by atoms with E-state index in [1.165, 1.54) is 12.1 Å². The Hall–Kier alpha value is -0.570. The minimum Gasteiger partial charge on any atom is -0.493 e. The molecule has 1 nitrogen and oxygen atoms in total.